The quantitative estimate of drug-likeness (QED) is 0.808. The molecule has 0 amide bonds. The summed E-state index contributed by atoms with van der Waals surface area (Å²) in [5, 5.41) is 0. The van der Waals surface area contributed by atoms with Gasteiger partial charge in [-0.1, -0.05) is 26.3 Å². The summed E-state index contributed by atoms with van der Waals surface area (Å²) in [6, 6.07) is 7.00. The van der Waals surface area contributed by atoms with Crippen LogP contribution in [0.2, 0.25) is 0 Å². The van der Waals surface area contributed by atoms with Gasteiger partial charge >= 0.3 is 0 Å². The molecule has 0 aromatic heterocycles. The molecule has 94 valence electrons. The van der Waals surface area contributed by atoms with E-state index in [2.05, 4.69) is 37.9 Å². The maximum atomic E-state index is 5.84. The molecule has 2 atom stereocenters. The lowest BCUT2D eigenvalue weighted by Crippen LogP contribution is -2.27. The maximum Gasteiger partial charge on any atom is 0.0351 e. The van der Waals surface area contributed by atoms with Gasteiger partial charge in [0.1, 0.15) is 0 Å². The van der Waals surface area contributed by atoms with Crippen LogP contribution < -0.4 is 5.73 Å². The highest BCUT2D eigenvalue weighted by atomic mass is 15.1. The zero-order valence-electron chi connectivity index (χ0n) is 11.2. The highest BCUT2D eigenvalue weighted by Crippen LogP contribution is 2.36. The predicted molar refractivity (Wildman–Crippen MR) is 74.0 cm³/mol. The van der Waals surface area contributed by atoms with E-state index in [9.17, 15) is 0 Å². The molecule has 0 fully saturated rings. The zero-order chi connectivity index (χ0) is 12.4. The molecule has 1 aromatic rings. The number of nitrogens with two attached hydrogens (primary N) is 1. The van der Waals surface area contributed by atoms with E-state index in [4.69, 9.17) is 5.73 Å². The Hall–Kier alpha value is -1.02. The fourth-order valence-electron chi connectivity index (χ4n) is 2.82. The first-order chi connectivity index (χ1) is 8.11. The van der Waals surface area contributed by atoms with E-state index in [1.165, 1.54) is 36.9 Å². The van der Waals surface area contributed by atoms with Crippen molar-refractivity contribution in [3.63, 3.8) is 0 Å². The van der Waals surface area contributed by atoms with Crippen LogP contribution in [-0.2, 0) is 6.42 Å². The number of aryl methyl sites for hydroxylation is 1. The molecule has 0 saturated carbocycles. The minimum atomic E-state index is 0.597. The lowest BCUT2D eigenvalue weighted by molar-refractivity contribution is 0.210. The molecular formula is C15H24N2. The second kappa shape index (κ2) is 5.09. The normalized spacial score (nSPS) is 20.6. The Morgan fingerprint density at radius 3 is 2.94 bits per heavy atom. The summed E-state index contributed by atoms with van der Waals surface area (Å²) < 4.78 is 0. The summed E-state index contributed by atoms with van der Waals surface area (Å²) in [5.74, 6) is 0.776. The third-order valence-electron chi connectivity index (χ3n) is 4.04. The molecule has 0 spiro atoms. The molecule has 2 nitrogen and oxygen atoms in total. The van der Waals surface area contributed by atoms with Gasteiger partial charge < -0.3 is 5.73 Å². The van der Waals surface area contributed by atoms with Crippen LogP contribution in [0, 0.1) is 5.92 Å². The van der Waals surface area contributed by atoms with Crippen LogP contribution in [0.1, 0.15) is 43.9 Å². The van der Waals surface area contributed by atoms with Gasteiger partial charge in [-0.2, -0.15) is 0 Å². The lowest BCUT2D eigenvalue weighted by atomic mass is 10.0. The Morgan fingerprint density at radius 2 is 2.24 bits per heavy atom. The minimum absolute atomic E-state index is 0.597. The van der Waals surface area contributed by atoms with E-state index >= 15 is 0 Å². The van der Waals surface area contributed by atoms with Crippen LogP contribution in [0.15, 0.2) is 18.2 Å². The second-order valence-corrected chi connectivity index (χ2v) is 5.47. The van der Waals surface area contributed by atoms with Gasteiger partial charge in [-0.25, -0.2) is 0 Å². The third-order valence-corrected chi connectivity index (χ3v) is 4.04. The van der Waals surface area contributed by atoms with Crippen molar-refractivity contribution < 1.29 is 0 Å². The first-order valence-electron chi connectivity index (χ1n) is 6.70. The van der Waals surface area contributed by atoms with Crippen molar-refractivity contribution >= 4 is 5.69 Å². The molecule has 0 radical (unpaired) electrons. The van der Waals surface area contributed by atoms with Gasteiger partial charge in [0.25, 0.3) is 0 Å². The van der Waals surface area contributed by atoms with Crippen molar-refractivity contribution in [1.29, 1.82) is 0 Å². The van der Waals surface area contributed by atoms with E-state index in [0.29, 0.717) is 6.04 Å². The number of hydrogen-bond acceptors (Lipinski definition) is 2. The fraction of sp³-hybridized carbons (Fsp3) is 0.600. The topological polar surface area (TPSA) is 29.3 Å². The van der Waals surface area contributed by atoms with Crippen LogP contribution in [0.4, 0.5) is 5.69 Å². The van der Waals surface area contributed by atoms with Gasteiger partial charge in [0, 0.05) is 18.3 Å². The molecule has 17 heavy (non-hydrogen) atoms. The van der Waals surface area contributed by atoms with Crippen LogP contribution in [0.5, 0.6) is 0 Å². The number of nitrogens with zero attached hydrogens (tertiary/aromatic N) is 1. The molecule has 0 heterocycles. The predicted octanol–water partition coefficient (Wildman–Crippen LogP) is 3.23. The zero-order valence-corrected chi connectivity index (χ0v) is 11.2. The molecule has 0 bridgehead atoms. The van der Waals surface area contributed by atoms with Crippen molar-refractivity contribution in [3.8, 4) is 0 Å². The molecule has 1 aliphatic carbocycles. The average Bonchev–Trinajstić information content (AvgIpc) is 2.71. The van der Waals surface area contributed by atoms with Crippen molar-refractivity contribution in [2.45, 2.75) is 39.2 Å². The molecule has 1 aromatic carbocycles. The second-order valence-electron chi connectivity index (χ2n) is 5.47. The van der Waals surface area contributed by atoms with Crippen LogP contribution >= 0.6 is 0 Å². The fourth-order valence-corrected chi connectivity index (χ4v) is 2.82. The van der Waals surface area contributed by atoms with Crippen molar-refractivity contribution in [3.05, 3.63) is 29.3 Å². The summed E-state index contributed by atoms with van der Waals surface area (Å²) in [6.45, 7) is 5.78. The van der Waals surface area contributed by atoms with E-state index in [-0.39, 0.29) is 0 Å². The van der Waals surface area contributed by atoms with E-state index in [1.807, 2.05) is 6.07 Å². The van der Waals surface area contributed by atoms with E-state index in [1.54, 1.807) is 0 Å². The highest BCUT2D eigenvalue weighted by molar-refractivity contribution is 5.47. The first-order valence-corrected chi connectivity index (χ1v) is 6.70. The standard InChI is InChI=1S/C15H24N2/c1-4-11(2)10-17(3)15-8-5-12-9-13(16)6-7-14(12)15/h6-7,9,11,15H,4-5,8,10,16H2,1-3H3. The molecular weight excluding hydrogens is 208 g/mol. The molecule has 0 aliphatic heterocycles. The van der Waals surface area contributed by atoms with Gasteiger partial charge in [0.05, 0.1) is 0 Å². The lowest BCUT2D eigenvalue weighted by Gasteiger charge is -2.27. The highest BCUT2D eigenvalue weighted by Gasteiger charge is 2.26. The minimum Gasteiger partial charge on any atom is -0.399 e. The van der Waals surface area contributed by atoms with E-state index < -0.39 is 0 Å². The Kier molecular flexibility index (Phi) is 3.72. The van der Waals surface area contributed by atoms with Gasteiger partial charge in [-0.05, 0) is 49.1 Å². The number of rotatable bonds is 4. The number of hydrogen-bond donors (Lipinski definition) is 1. The summed E-state index contributed by atoms with van der Waals surface area (Å²) >= 11 is 0. The largest absolute Gasteiger partial charge is 0.399 e. The SMILES string of the molecule is CCC(C)CN(C)C1CCc2cc(N)ccc21. The Labute approximate surface area is 105 Å². The van der Waals surface area contributed by atoms with Crippen LogP contribution in [0.3, 0.4) is 0 Å². The summed E-state index contributed by atoms with van der Waals surface area (Å²) in [5.41, 5.74) is 9.68. The molecule has 2 N–H and O–H groups in total. The first kappa shape index (κ1) is 12.4. The van der Waals surface area contributed by atoms with Crippen LogP contribution in [0.25, 0.3) is 0 Å². The number of anilines is 1. The molecule has 0 saturated heterocycles. The average molecular weight is 232 g/mol. The number of nitrogen functional groups attached to an aromatic ring is 1. The molecule has 2 rings (SSSR count). The van der Waals surface area contributed by atoms with Gasteiger partial charge in [-0.3, -0.25) is 4.90 Å². The summed E-state index contributed by atoms with van der Waals surface area (Å²) in [6.07, 6.45) is 3.67. The van der Waals surface area contributed by atoms with Crippen molar-refractivity contribution in [1.82, 2.24) is 4.90 Å². The van der Waals surface area contributed by atoms with Gasteiger partial charge in [-0.15, -0.1) is 0 Å². The Morgan fingerprint density at radius 1 is 1.47 bits per heavy atom. The monoisotopic (exact) mass is 232 g/mol. The Balaban J connectivity index is 2.11. The number of fused-ring (bicyclic) bond motifs is 1. The smallest absolute Gasteiger partial charge is 0.0351 e. The molecule has 2 heteroatoms. The van der Waals surface area contributed by atoms with Gasteiger partial charge in [0.2, 0.25) is 0 Å². The van der Waals surface area contributed by atoms with Gasteiger partial charge in [0.15, 0.2) is 0 Å². The van der Waals surface area contributed by atoms with Crippen molar-refractivity contribution in [2.24, 2.45) is 5.92 Å². The molecule has 2 unspecified atom stereocenters. The van der Waals surface area contributed by atoms with E-state index in [0.717, 1.165) is 11.6 Å². The molecule has 1 aliphatic rings. The Bertz CT molecular complexity index is 387. The number of benzene rings is 1. The van der Waals surface area contributed by atoms with Crippen LogP contribution in [-0.4, -0.2) is 18.5 Å². The van der Waals surface area contributed by atoms with Crippen molar-refractivity contribution in [2.75, 3.05) is 19.3 Å². The summed E-state index contributed by atoms with van der Waals surface area (Å²) in [7, 11) is 2.25. The summed E-state index contributed by atoms with van der Waals surface area (Å²) in [4.78, 5) is 2.51. The maximum absolute atomic E-state index is 5.84. The third kappa shape index (κ3) is 2.63.